The van der Waals surface area contributed by atoms with E-state index >= 15 is 0 Å². The van der Waals surface area contributed by atoms with E-state index in [1.54, 1.807) is 35.1 Å². The Hall–Kier alpha value is -1.38. The summed E-state index contributed by atoms with van der Waals surface area (Å²) in [5, 5.41) is 9.48. The molecule has 0 unspecified atom stereocenters. The summed E-state index contributed by atoms with van der Waals surface area (Å²) in [6.07, 6.45) is 3.23. The SMILES string of the molecule is CCn1cncc1-c1nc(O)c(I)c(=O)[nH]1. The molecule has 2 rings (SSSR count). The van der Waals surface area contributed by atoms with Crippen LogP contribution in [0.4, 0.5) is 0 Å². The monoisotopic (exact) mass is 332 g/mol. The minimum Gasteiger partial charge on any atom is -0.492 e. The Morgan fingerprint density at radius 3 is 3.00 bits per heavy atom. The molecule has 2 aromatic heterocycles. The molecule has 0 aromatic carbocycles. The van der Waals surface area contributed by atoms with Gasteiger partial charge in [0.25, 0.3) is 5.56 Å². The lowest BCUT2D eigenvalue weighted by Gasteiger charge is -2.04. The number of aryl methyl sites for hydroxylation is 1. The Labute approximate surface area is 105 Å². The number of halogens is 1. The Balaban J connectivity index is 2.61. The number of H-pyrrole nitrogens is 1. The van der Waals surface area contributed by atoms with E-state index < -0.39 is 0 Å². The van der Waals surface area contributed by atoms with Crippen molar-refractivity contribution < 1.29 is 5.11 Å². The first kappa shape index (κ1) is 11.1. The summed E-state index contributed by atoms with van der Waals surface area (Å²) >= 11 is 1.74. The number of aromatic hydroxyl groups is 1. The van der Waals surface area contributed by atoms with Gasteiger partial charge in [-0.15, -0.1) is 0 Å². The normalized spacial score (nSPS) is 10.6. The zero-order valence-electron chi connectivity index (χ0n) is 8.44. The molecule has 2 heterocycles. The zero-order chi connectivity index (χ0) is 11.7. The van der Waals surface area contributed by atoms with Crippen molar-refractivity contribution in [1.29, 1.82) is 0 Å². The first-order valence-electron chi connectivity index (χ1n) is 4.62. The van der Waals surface area contributed by atoms with Crippen LogP contribution >= 0.6 is 22.6 Å². The second-order valence-corrected chi connectivity index (χ2v) is 4.20. The third kappa shape index (κ3) is 1.82. The highest BCUT2D eigenvalue weighted by Crippen LogP contribution is 2.18. The van der Waals surface area contributed by atoms with Crippen molar-refractivity contribution in [1.82, 2.24) is 19.5 Å². The number of hydrogen-bond donors (Lipinski definition) is 2. The van der Waals surface area contributed by atoms with Crippen LogP contribution in [-0.4, -0.2) is 24.6 Å². The molecule has 6 nitrogen and oxygen atoms in total. The van der Waals surface area contributed by atoms with E-state index in [1.165, 1.54) is 0 Å². The molecule has 0 bridgehead atoms. The average molecular weight is 332 g/mol. The molecule has 0 aliphatic rings. The molecular weight excluding hydrogens is 323 g/mol. The number of hydrogen-bond acceptors (Lipinski definition) is 4. The summed E-state index contributed by atoms with van der Waals surface area (Å²) in [4.78, 5) is 21.9. The van der Waals surface area contributed by atoms with E-state index in [0.717, 1.165) is 0 Å². The molecule has 16 heavy (non-hydrogen) atoms. The molecular formula is C9H9IN4O2. The van der Waals surface area contributed by atoms with Crippen molar-refractivity contribution >= 4 is 22.6 Å². The van der Waals surface area contributed by atoms with Gasteiger partial charge in [-0.3, -0.25) is 4.79 Å². The summed E-state index contributed by atoms with van der Waals surface area (Å²) in [5.74, 6) is 0.0606. The lowest BCUT2D eigenvalue weighted by Crippen LogP contribution is -2.13. The number of imidazole rings is 1. The predicted molar refractivity (Wildman–Crippen MR) is 66.1 cm³/mol. The molecule has 0 fully saturated rings. The van der Waals surface area contributed by atoms with E-state index in [0.29, 0.717) is 18.1 Å². The fourth-order valence-corrected chi connectivity index (χ4v) is 1.59. The molecule has 0 aliphatic carbocycles. The highest BCUT2D eigenvalue weighted by molar-refractivity contribution is 14.1. The second-order valence-electron chi connectivity index (χ2n) is 3.12. The smallest absolute Gasteiger partial charge is 0.268 e. The minimum atomic E-state index is -0.355. The maximum absolute atomic E-state index is 11.5. The van der Waals surface area contributed by atoms with Crippen molar-refractivity contribution in [3.8, 4) is 17.4 Å². The van der Waals surface area contributed by atoms with Gasteiger partial charge in [0.05, 0.1) is 12.5 Å². The first-order valence-corrected chi connectivity index (χ1v) is 5.70. The van der Waals surface area contributed by atoms with E-state index in [4.69, 9.17) is 0 Å². The fourth-order valence-electron chi connectivity index (χ4n) is 1.34. The maximum atomic E-state index is 11.5. The van der Waals surface area contributed by atoms with Gasteiger partial charge in [-0.05, 0) is 29.5 Å². The third-order valence-corrected chi connectivity index (χ3v) is 3.11. The molecule has 0 atom stereocenters. The van der Waals surface area contributed by atoms with Gasteiger partial charge in [0, 0.05) is 6.54 Å². The molecule has 84 valence electrons. The topological polar surface area (TPSA) is 83.8 Å². The van der Waals surface area contributed by atoms with Crippen LogP contribution in [0.15, 0.2) is 17.3 Å². The lowest BCUT2D eigenvalue weighted by molar-refractivity contribution is 0.447. The van der Waals surface area contributed by atoms with Crippen LogP contribution in [0, 0.1) is 3.57 Å². The fraction of sp³-hybridized carbons (Fsp3) is 0.222. The van der Waals surface area contributed by atoms with Gasteiger partial charge in [-0.1, -0.05) is 0 Å². The highest BCUT2D eigenvalue weighted by Gasteiger charge is 2.11. The molecule has 7 heteroatoms. The summed E-state index contributed by atoms with van der Waals surface area (Å²) in [5.41, 5.74) is 0.318. The van der Waals surface area contributed by atoms with Crippen molar-refractivity contribution in [2.24, 2.45) is 0 Å². The van der Waals surface area contributed by atoms with Crippen LogP contribution in [0.3, 0.4) is 0 Å². The highest BCUT2D eigenvalue weighted by atomic mass is 127. The van der Waals surface area contributed by atoms with Gasteiger partial charge in [-0.25, -0.2) is 4.98 Å². The van der Waals surface area contributed by atoms with Gasteiger partial charge in [0.2, 0.25) is 5.88 Å². The van der Waals surface area contributed by atoms with Crippen molar-refractivity contribution in [3.05, 3.63) is 26.4 Å². The van der Waals surface area contributed by atoms with Crippen molar-refractivity contribution in [2.75, 3.05) is 0 Å². The minimum absolute atomic E-state index is 0.184. The van der Waals surface area contributed by atoms with Gasteiger partial charge in [0.1, 0.15) is 9.26 Å². The lowest BCUT2D eigenvalue weighted by atomic mass is 10.4. The third-order valence-electron chi connectivity index (χ3n) is 2.14. The van der Waals surface area contributed by atoms with Crippen molar-refractivity contribution in [3.63, 3.8) is 0 Å². The van der Waals surface area contributed by atoms with Crippen LogP contribution in [0.1, 0.15) is 6.92 Å². The summed E-state index contributed by atoms with van der Waals surface area (Å²) < 4.78 is 2.01. The van der Waals surface area contributed by atoms with E-state index in [1.807, 2.05) is 11.5 Å². The van der Waals surface area contributed by atoms with Gasteiger partial charge in [-0.2, -0.15) is 4.98 Å². The quantitative estimate of drug-likeness (QED) is 0.803. The van der Waals surface area contributed by atoms with E-state index in [9.17, 15) is 9.90 Å². The van der Waals surface area contributed by atoms with Crippen LogP contribution in [-0.2, 0) is 6.54 Å². The second kappa shape index (κ2) is 4.24. The maximum Gasteiger partial charge on any atom is 0.268 e. The molecule has 0 spiro atoms. The number of rotatable bonds is 2. The number of aromatic nitrogens is 4. The van der Waals surface area contributed by atoms with Crippen LogP contribution in [0.5, 0.6) is 5.88 Å². The predicted octanol–water partition coefficient (Wildman–Crippen LogP) is 0.963. The van der Waals surface area contributed by atoms with Crippen LogP contribution in [0.2, 0.25) is 0 Å². The Bertz CT molecular complexity index is 575. The number of nitrogens with zero attached hydrogens (tertiary/aromatic N) is 3. The molecule has 0 amide bonds. The molecule has 0 aliphatic heterocycles. The Morgan fingerprint density at radius 1 is 1.62 bits per heavy atom. The molecule has 0 radical (unpaired) electrons. The van der Waals surface area contributed by atoms with Crippen molar-refractivity contribution in [2.45, 2.75) is 13.5 Å². The van der Waals surface area contributed by atoms with E-state index in [-0.39, 0.29) is 15.0 Å². The van der Waals surface area contributed by atoms with E-state index in [2.05, 4.69) is 15.0 Å². The van der Waals surface area contributed by atoms with Gasteiger partial charge >= 0.3 is 0 Å². The van der Waals surface area contributed by atoms with Gasteiger partial charge < -0.3 is 14.7 Å². The molecule has 2 aromatic rings. The largest absolute Gasteiger partial charge is 0.492 e. The Kier molecular flexibility index (Phi) is 2.95. The number of nitrogens with one attached hydrogen (secondary N) is 1. The summed E-state index contributed by atoms with van der Waals surface area (Å²) in [7, 11) is 0. The number of aromatic amines is 1. The Morgan fingerprint density at radius 2 is 2.38 bits per heavy atom. The molecule has 0 saturated heterocycles. The molecule has 0 saturated carbocycles. The van der Waals surface area contributed by atoms with Gasteiger partial charge in [0.15, 0.2) is 5.82 Å². The standard InChI is InChI=1S/C9H9IN4O2/c1-2-14-4-11-3-5(14)7-12-8(15)6(10)9(16)13-7/h3-4H,2H2,1H3,(H2,12,13,15,16). The zero-order valence-corrected chi connectivity index (χ0v) is 10.6. The average Bonchev–Trinajstić information content (AvgIpc) is 2.73. The molecule has 2 N–H and O–H groups in total. The summed E-state index contributed by atoms with van der Waals surface area (Å²) in [6, 6.07) is 0. The van der Waals surface area contributed by atoms with Crippen LogP contribution < -0.4 is 5.56 Å². The first-order chi connectivity index (χ1) is 7.63. The van der Waals surface area contributed by atoms with Crippen LogP contribution in [0.25, 0.3) is 11.5 Å². The summed E-state index contributed by atoms with van der Waals surface area (Å²) in [6.45, 7) is 2.67.